The first kappa shape index (κ1) is 27.5. The number of hydrogen-bond acceptors (Lipinski definition) is 5. The molecular formula is C26H22ClF3N2O5. The Morgan fingerprint density at radius 1 is 1.03 bits per heavy atom. The van der Waals surface area contributed by atoms with Gasteiger partial charge in [0, 0.05) is 42.4 Å². The van der Waals surface area contributed by atoms with Crippen molar-refractivity contribution in [3.05, 3.63) is 70.5 Å². The number of carbonyl (C=O) groups is 2. The third-order valence-corrected chi connectivity index (χ3v) is 5.73. The first-order valence-electron chi connectivity index (χ1n) is 10.7. The van der Waals surface area contributed by atoms with Crippen molar-refractivity contribution in [3.8, 4) is 22.5 Å². The predicted octanol–water partition coefficient (Wildman–Crippen LogP) is 3.95. The van der Waals surface area contributed by atoms with Crippen molar-refractivity contribution < 1.29 is 37.4 Å². The number of halogens is 4. The van der Waals surface area contributed by atoms with Crippen LogP contribution in [0.3, 0.4) is 0 Å². The first-order valence-corrected chi connectivity index (χ1v) is 11.1. The van der Waals surface area contributed by atoms with Crippen molar-refractivity contribution in [2.45, 2.75) is 6.18 Å². The molecule has 0 aromatic heterocycles. The van der Waals surface area contributed by atoms with Gasteiger partial charge in [-0.25, -0.2) is 9.37 Å². The van der Waals surface area contributed by atoms with E-state index in [9.17, 15) is 23.1 Å². The number of rotatable bonds is 3. The van der Waals surface area contributed by atoms with Gasteiger partial charge in [-0.05, 0) is 29.8 Å². The number of carboxylic acids is 2. The highest BCUT2D eigenvalue weighted by atomic mass is 35.5. The number of fused-ring (bicyclic) bond motifs is 2. The van der Waals surface area contributed by atoms with Crippen molar-refractivity contribution in [1.82, 2.24) is 4.58 Å². The molecule has 0 spiro atoms. The SMILES string of the molecule is CN(C)c1ccc2c(-c3ccccc3C(=O)O)c3cc(Cl)c(=[N+](C)C)cc-3oc2c1.O=C([O-])C(F)(F)F. The Kier molecular flexibility index (Phi) is 7.83. The zero-order valence-electron chi connectivity index (χ0n) is 20.2. The van der Waals surface area contributed by atoms with Gasteiger partial charge in [0.25, 0.3) is 0 Å². The Labute approximate surface area is 214 Å². The monoisotopic (exact) mass is 534 g/mol. The Morgan fingerprint density at radius 2 is 1.65 bits per heavy atom. The molecule has 1 heterocycles. The van der Waals surface area contributed by atoms with Gasteiger partial charge >= 0.3 is 12.1 Å². The normalized spacial score (nSPS) is 11.1. The molecule has 2 aromatic rings. The van der Waals surface area contributed by atoms with Gasteiger partial charge in [-0.2, -0.15) is 13.2 Å². The Hall–Kier alpha value is -4.05. The van der Waals surface area contributed by atoms with Crippen LogP contribution < -0.4 is 19.9 Å². The number of carbonyl (C=O) groups excluding carboxylic acids is 1. The van der Waals surface area contributed by atoms with E-state index in [4.69, 9.17) is 25.9 Å². The molecule has 0 saturated heterocycles. The Morgan fingerprint density at radius 3 is 2.19 bits per heavy atom. The van der Waals surface area contributed by atoms with Crippen molar-refractivity contribution >= 4 is 40.2 Å². The summed E-state index contributed by atoms with van der Waals surface area (Å²) in [5.74, 6) is -3.34. The van der Waals surface area contributed by atoms with Crippen molar-refractivity contribution in [2.75, 3.05) is 33.1 Å². The highest BCUT2D eigenvalue weighted by molar-refractivity contribution is 6.31. The predicted molar refractivity (Wildman–Crippen MR) is 133 cm³/mol. The lowest BCUT2D eigenvalue weighted by Crippen LogP contribution is -2.37. The van der Waals surface area contributed by atoms with E-state index in [0.29, 0.717) is 21.9 Å². The summed E-state index contributed by atoms with van der Waals surface area (Å²) in [6, 6.07) is 16.7. The van der Waals surface area contributed by atoms with Crippen molar-refractivity contribution in [2.24, 2.45) is 0 Å². The highest BCUT2D eigenvalue weighted by Gasteiger charge is 2.29. The molecule has 0 radical (unpaired) electrons. The largest absolute Gasteiger partial charge is 0.542 e. The molecule has 11 heteroatoms. The maximum Gasteiger partial charge on any atom is 0.430 e. The molecule has 1 N–H and O–H groups in total. The molecule has 1 aliphatic heterocycles. The lowest BCUT2D eigenvalue weighted by Gasteiger charge is -2.19. The first-order chi connectivity index (χ1) is 17.2. The minimum atomic E-state index is -5.19. The van der Waals surface area contributed by atoms with Gasteiger partial charge in [-0.15, -0.1) is 0 Å². The van der Waals surface area contributed by atoms with Gasteiger partial charge in [0.15, 0.2) is 0 Å². The number of nitrogens with zero attached hydrogens (tertiary/aromatic N) is 2. The highest BCUT2D eigenvalue weighted by Crippen LogP contribution is 2.42. The molecule has 1 aliphatic carbocycles. The number of hydrogen-bond donors (Lipinski definition) is 1. The van der Waals surface area contributed by atoms with Crippen LogP contribution in [0.1, 0.15) is 10.4 Å². The van der Waals surface area contributed by atoms with Crippen molar-refractivity contribution in [1.29, 1.82) is 0 Å². The summed E-state index contributed by atoms with van der Waals surface area (Å²) in [6.07, 6.45) is -5.19. The average molecular weight is 535 g/mol. The Balaban J connectivity index is 0.000000479. The molecule has 0 atom stereocenters. The van der Waals surface area contributed by atoms with Gasteiger partial charge in [-0.1, -0.05) is 29.8 Å². The molecular weight excluding hydrogens is 513 g/mol. The van der Waals surface area contributed by atoms with E-state index in [1.807, 2.05) is 80.1 Å². The van der Waals surface area contributed by atoms with E-state index in [1.165, 1.54) is 0 Å². The summed E-state index contributed by atoms with van der Waals surface area (Å²) in [5.41, 5.74) is 4.09. The third-order valence-electron chi connectivity index (χ3n) is 5.43. The molecule has 7 nitrogen and oxygen atoms in total. The van der Waals surface area contributed by atoms with Gasteiger partial charge < -0.3 is 24.3 Å². The zero-order valence-corrected chi connectivity index (χ0v) is 20.9. The van der Waals surface area contributed by atoms with Gasteiger partial charge in [-0.3, -0.25) is 0 Å². The molecule has 0 bridgehead atoms. The summed E-state index contributed by atoms with van der Waals surface area (Å²) < 4.78 is 39.8. The average Bonchev–Trinajstić information content (AvgIpc) is 2.81. The summed E-state index contributed by atoms with van der Waals surface area (Å²) >= 11 is 6.57. The molecule has 0 unspecified atom stereocenters. The number of benzene rings is 3. The summed E-state index contributed by atoms with van der Waals surface area (Å²) in [4.78, 5) is 22.7. The molecule has 0 fully saturated rings. The fourth-order valence-electron chi connectivity index (χ4n) is 3.69. The topological polar surface area (TPSA) is 96.8 Å². The summed E-state index contributed by atoms with van der Waals surface area (Å²) in [6.45, 7) is 0. The van der Waals surface area contributed by atoms with E-state index >= 15 is 0 Å². The van der Waals surface area contributed by atoms with Crippen LogP contribution in [-0.4, -0.2) is 51.4 Å². The number of aromatic carboxylic acids is 1. The van der Waals surface area contributed by atoms with Crippen LogP contribution >= 0.6 is 11.6 Å². The molecule has 37 heavy (non-hydrogen) atoms. The fourth-order valence-corrected chi connectivity index (χ4v) is 4.02. The second-order valence-corrected chi connectivity index (χ2v) is 8.79. The van der Waals surface area contributed by atoms with E-state index in [2.05, 4.69) is 0 Å². The Bertz CT molecular complexity index is 1540. The lowest BCUT2D eigenvalue weighted by molar-refractivity contribution is -0.344. The zero-order chi connectivity index (χ0) is 27.7. The number of aliphatic carboxylic acids is 1. The van der Waals surface area contributed by atoms with Gasteiger partial charge in [0.2, 0.25) is 5.36 Å². The van der Waals surface area contributed by atoms with E-state index in [-0.39, 0.29) is 5.56 Å². The second-order valence-electron chi connectivity index (χ2n) is 8.38. The van der Waals surface area contributed by atoms with Crippen LogP contribution in [0.2, 0.25) is 5.02 Å². The molecule has 0 amide bonds. The van der Waals surface area contributed by atoms with Crippen LogP contribution in [0.25, 0.3) is 33.4 Å². The minimum absolute atomic E-state index is 0.232. The smallest absolute Gasteiger partial charge is 0.430 e. The van der Waals surface area contributed by atoms with E-state index < -0.39 is 18.1 Å². The van der Waals surface area contributed by atoms with E-state index in [0.717, 1.165) is 27.6 Å². The maximum atomic E-state index is 12.0. The van der Waals surface area contributed by atoms with E-state index in [1.54, 1.807) is 12.1 Å². The van der Waals surface area contributed by atoms with Crippen LogP contribution in [0.4, 0.5) is 18.9 Å². The fraction of sp³-hybridized carbons (Fsp3) is 0.192. The molecule has 2 aromatic carbocycles. The second kappa shape index (κ2) is 10.5. The molecule has 4 rings (SSSR count). The number of anilines is 1. The standard InChI is InChI=1S/C24H21ClN2O3.C2HF3O2/c1-26(2)14-9-10-17-21(11-14)30-22-13-20(27(3)4)19(25)12-18(22)23(17)15-7-5-6-8-16(15)24(28)29;3-2(4,5)1(6)7/h5-13H,1-4H3;(H,6,7). The van der Waals surface area contributed by atoms with Crippen LogP contribution in [0.15, 0.2) is 59.0 Å². The van der Waals surface area contributed by atoms with Gasteiger partial charge in [0.1, 0.15) is 36.4 Å². The number of carboxylic acid groups (broad SMARTS) is 2. The minimum Gasteiger partial charge on any atom is -0.542 e. The van der Waals surface area contributed by atoms with Crippen LogP contribution in [-0.2, 0) is 4.79 Å². The lowest BCUT2D eigenvalue weighted by atomic mass is 9.90. The van der Waals surface area contributed by atoms with Crippen LogP contribution in [0.5, 0.6) is 0 Å². The molecule has 2 aliphatic rings. The third kappa shape index (κ3) is 5.86. The summed E-state index contributed by atoms with van der Waals surface area (Å²) in [7, 11) is 7.76. The maximum absolute atomic E-state index is 12.0. The van der Waals surface area contributed by atoms with Crippen LogP contribution in [0, 0.1) is 0 Å². The molecule has 194 valence electrons. The quantitative estimate of drug-likeness (QED) is 0.316. The number of alkyl halides is 3. The van der Waals surface area contributed by atoms with Crippen molar-refractivity contribution in [3.63, 3.8) is 0 Å². The van der Waals surface area contributed by atoms with Gasteiger partial charge in [0.05, 0.1) is 11.6 Å². The summed E-state index contributed by atoms with van der Waals surface area (Å²) in [5, 5.41) is 20.8. The molecule has 0 saturated carbocycles.